The van der Waals surface area contributed by atoms with Gasteiger partial charge in [-0.3, -0.25) is 4.90 Å². The highest BCUT2D eigenvalue weighted by Gasteiger charge is 2.25. The van der Waals surface area contributed by atoms with Gasteiger partial charge in [-0.25, -0.2) is 0 Å². The summed E-state index contributed by atoms with van der Waals surface area (Å²) >= 11 is 0. The zero-order chi connectivity index (χ0) is 14.7. The van der Waals surface area contributed by atoms with E-state index in [1.54, 1.807) is 0 Å². The fourth-order valence-corrected chi connectivity index (χ4v) is 3.51. The molecule has 1 aromatic carbocycles. The van der Waals surface area contributed by atoms with Crippen LogP contribution in [0.2, 0.25) is 0 Å². The second-order valence-corrected chi connectivity index (χ2v) is 6.62. The van der Waals surface area contributed by atoms with Crippen LogP contribution in [0.1, 0.15) is 38.2 Å². The predicted molar refractivity (Wildman–Crippen MR) is 88.2 cm³/mol. The average molecular weight is 288 g/mol. The highest BCUT2D eigenvalue weighted by molar-refractivity contribution is 5.49. The molecule has 0 N–H and O–H groups in total. The zero-order valence-electron chi connectivity index (χ0n) is 13.4. The third-order valence-corrected chi connectivity index (χ3v) is 4.93. The van der Waals surface area contributed by atoms with Gasteiger partial charge in [-0.1, -0.05) is 26.0 Å². The van der Waals surface area contributed by atoms with Crippen LogP contribution in [0, 0.1) is 0 Å². The summed E-state index contributed by atoms with van der Waals surface area (Å²) < 4.78 is 5.46. The summed E-state index contributed by atoms with van der Waals surface area (Å²) in [6, 6.07) is 9.85. The van der Waals surface area contributed by atoms with Crippen LogP contribution in [0.4, 0.5) is 5.69 Å². The normalized spacial score (nSPS) is 22.0. The molecule has 0 atom stereocenters. The van der Waals surface area contributed by atoms with Crippen molar-refractivity contribution in [2.24, 2.45) is 0 Å². The van der Waals surface area contributed by atoms with Crippen molar-refractivity contribution in [3.63, 3.8) is 0 Å². The largest absolute Gasteiger partial charge is 0.379 e. The van der Waals surface area contributed by atoms with Crippen LogP contribution in [-0.2, 0) is 4.74 Å². The lowest BCUT2D eigenvalue weighted by Gasteiger charge is -2.41. The summed E-state index contributed by atoms with van der Waals surface area (Å²) in [5, 5.41) is 0. The van der Waals surface area contributed by atoms with Gasteiger partial charge in [-0.2, -0.15) is 0 Å². The van der Waals surface area contributed by atoms with Crippen LogP contribution in [0.5, 0.6) is 0 Å². The smallest absolute Gasteiger partial charge is 0.0594 e. The van der Waals surface area contributed by atoms with Crippen molar-refractivity contribution in [2.75, 3.05) is 44.3 Å². The minimum atomic E-state index is 0.607. The quantitative estimate of drug-likeness (QED) is 0.850. The molecule has 0 aliphatic carbocycles. The fourth-order valence-electron chi connectivity index (χ4n) is 3.51. The van der Waals surface area contributed by atoms with Crippen molar-refractivity contribution in [1.29, 1.82) is 0 Å². The van der Waals surface area contributed by atoms with E-state index in [-0.39, 0.29) is 0 Å². The number of anilines is 1. The number of hydrogen-bond donors (Lipinski definition) is 0. The van der Waals surface area contributed by atoms with Gasteiger partial charge in [-0.15, -0.1) is 0 Å². The Morgan fingerprint density at radius 1 is 1.05 bits per heavy atom. The Kier molecular flexibility index (Phi) is 4.81. The van der Waals surface area contributed by atoms with Crippen LogP contribution in [0.3, 0.4) is 0 Å². The van der Waals surface area contributed by atoms with Crippen molar-refractivity contribution in [1.82, 2.24) is 4.90 Å². The molecule has 0 saturated carbocycles. The summed E-state index contributed by atoms with van der Waals surface area (Å²) in [4.78, 5) is 5.19. The van der Waals surface area contributed by atoms with Crippen LogP contribution in [0.25, 0.3) is 0 Å². The molecule has 2 aliphatic rings. The first-order valence-corrected chi connectivity index (χ1v) is 8.41. The van der Waals surface area contributed by atoms with E-state index in [2.05, 4.69) is 47.9 Å². The second kappa shape index (κ2) is 6.80. The van der Waals surface area contributed by atoms with Gasteiger partial charge in [0.25, 0.3) is 0 Å². The molecule has 0 spiro atoms. The van der Waals surface area contributed by atoms with Crippen molar-refractivity contribution in [3.8, 4) is 0 Å². The second-order valence-electron chi connectivity index (χ2n) is 6.62. The summed E-state index contributed by atoms with van der Waals surface area (Å²) in [5.41, 5.74) is 2.85. The Morgan fingerprint density at radius 3 is 2.43 bits per heavy atom. The van der Waals surface area contributed by atoms with E-state index in [0.717, 1.165) is 32.3 Å². The Labute approximate surface area is 128 Å². The molecule has 21 heavy (non-hydrogen) atoms. The highest BCUT2D eigenvalue weighted by atomic mass is 16.5. The number of rotatable bonds is 3. The minimum Gasteiger partial charge on any atom is -0.379 e. The molecule has 2 aliphatic heterocycles. The van der Waals surface area contributed by atoms with E-state index in [9.17, 15) is 0 Å². The monoisotopic (exact) mass is 288 g/mol. The first-order chi connectivity index (χ1) is 10.2. The molecule has 116 valence electrons. The van der Waals surface area contributed by atoms with Crippen LogP contribution >= 0.6 is 0 Å². The number of hydrogen-bond acceptors (Lipinski definition) is 3. The standard InChI is InChI=1S/C18H28N2O/c1-15(2)16-4-3-5-18(14-16)19-8-6-17(7-9-19)20-10-12-21-13-11-20/h3-5,14-15,17H,6-13H2,1-2H3. The molecule has 3 heteroatoms. The summed E-state index contributed by atoms with van der Waals surface area (Å²) in [5.74, 6) is 0.607. The third kappa shape index (κ3) is 3.58. The molecule has 0 bridgehead atoms. The molecule has 0 radical (unpaired) electrons. The average Bonchev–Trinajstić information content (AvgIpc) is 2.56. The summed E-state index contributed by atoms with van der Waals surface area (Å²) in [6.07, 6.45) is 2.57. The molecule has 3 rings (SSSR count). The number of nitrogens with zero attached hydrogens (tertiary/aromatic N) is 2. The van der Waals surface area contributed by atoms with E-state index < -0.39 is 0 Å². The van der Waals surface area contributed by atoms with Gasteiger partial charge in [0.05, 0.1) is 13.2 Å². The fraction of sp³-hybridized carbons (Fsp3) is 0.667. The lowest BCUT2D eigenvalue weighted by Crippen LogP contribution is -2.49. The Bertz CT molecular complexity index is 446. The lowest BCUT2D eigenvalue weighted by atomic mass is 9.99. The molecule has 2 heterocycles. The molecule has 1 aromatic rings. The number of benzene rings is 1. The van der Waals surface area contributed by atoms with Crippen LogP contribution < -0.4 is 4.90 Å². The Balaban J connectivity index is 1.59. The van der Waals surface area contributed by atoms with E-state index in [1.165, 1.54) is 37.2 Å². The van der Waals surface area contributed by atoms with Gasteiger partial charge in [0.1, 0.15) is 0 Å². The minimum absolute atomic E-state index is 0.607. The van der Waals surface area contributed by atoms with E-state index in [4.69, 9.17) is 4.74 Å². The van der Waals surface area contributed by atoms with Crippen molar-refractivity contribution < 1.29 is 4.74 Å². The van der Waals surface area contributed by atoms with Crippen molar-refractivity contribution >= 4 is 5.69 Å². The Morgan fingerprint density at radius 2 is 1.76 bits per heavy atom. The highest BCUT2D eigenvalue weighted by Crippen LogP contribution is 2.26. The first kappa shape index (κ1) is 14.9. The lowest BCUT2D eigenvalue weighted by molar-refractivity contribution is 0.0115. The van der Waals surface area contributed by atoms with Gasteiger partial charge in [-0.05, 0) is 36.5 Å². The molecular formula is C18H28N2O. The topological polar surface area (TPSA) is 15.7 Å². The van der Waals surface area contributed by atoms with Crippen LogP contribution in [-0.4, -0.2) is 50.3 Å². The first-order valence-electron chi connectivity index (χ1n) is 8.41. The number of ether oxygens (including phenoxy) is 1. The van der Waals surface area contributed by atoms with Crippen LogP contribution in [0.15, 0.2) is 24.3 Å². The molecule has 2 fully saturated rings. The van der Waals surface area contributed by atoms with Crippen molar-refractivity contribution in [3.05, 3.63) is 29.8 Å². The molecule has 2 saturated heterocycles. The van der Waals surface area contributed by atoms with E-state index >= 15 is 0 Å². The molecule has 0 aromatic heterocycles. The van der Waals surface area contributed by atoms with E-state index in [1.807, 2.05) is 0 Å². The maximum Gasteiger partial charge on any atom is 0.0594 e. The predicted octanol–water partition coefficient (Wildman–Crippen LogP) is 3.11. The zero-order valence-corrected chi connectivity index (χ0v) is 13.4. The van der Waals surface area contributed by atoms with Crippen molar-refractivity contribution in [2.45, 2.75) is 38.6 Å². The number of morpholine rings is 1. The van der Waals surface area contributed by atoms with Gasteiger partial charge in [0.2, 0.25) is 0 Å². The maximum absolute atomic E-state index is 5.46. The van der Waals surface area contributed by atoms with Gasteiger partial charge in [0.15, 0.2) is 0 Å². The summed E-state index contributed by atoms with van der Waals surface area (Å²) in [7, 11) is 0. The molecule has 0 amide bonds. The molecule has 3 nitrogen and oxygen atoms in total. The SMILES string of the molecule is CC(C)c1cccc(N2CCC(N3CCOCC3)CC2)c1. The number of piperidine rings is 1. The van der Waals surface area contributed by atoms with Gasteiger partial charge in [0, 0.05) is 37.9 Å². The molecular weight excluding hydrogens is 260 g/mol. The molecule has 0 unspecified atom stereocenters. The summed E-state index contributed by atoms with van der Waals surface area (Å²) in [6.45, 7) is 11.0. The third-order valence-electron chi connectivity index (χ3n) is 4.93. The van der Waals surface area contributed by atoms with Gasteiger partial charge < -0.3 is 9.64 Å². The maximum atomic E-state index is 5.46. The Hall–Kier alpha value is -1.06. The van der Waals surface area contributed by atoms with E-state index in [0.29, 0.717) is 5.92 Å². The van der Waals surface area contributed by atoms with Gasteiger partial charge >= 0.3 is 0 Å².